The van der Waals surface area contributed by atoms with Gasteiger partial charge in [0.15, 0.2) is 0 Å². The standard InChI is InChI=1S/C18H26FN3O/c19-14-5-2-8-17(11-14)22-9-3-7-16(12-22)21-18(23)13-4-1-6-15(20)10-13/h2,5,8,11,13,15-16H,1,3-4,6-7,9-10,12,20H2,(H,21,23). The number of rotatable bonds is 3. The molecule has 1 aromatic carbocycles. The maximum absolute atomic E-state index is 13.4. The van der Waals surface area contributed by atoms with Crippen LogP contribution in [0.25, 0.3) is 0 Å². The van der Waals surface area contributed by atoms with Crippen molar-refractivity contribution >= 4 is 11.6 Å². The molecule has 0 spiro atoms. The first kappa shape index (κ1) is 16.2. The van der Waals surface area contributed by atoms with E-state index in [9.17, 15) is 9.18 Å². The molecule has 3 N–H and O–H groups in total. The molecule has 1 saturated heterocycles. The van der Waals surface area contributed by atoms with Crippen LogP contribution in [-0.2, 0) is 4.79 Å². The number of amides is 1. The molecule has 4 nitrogen and oxygen atoms in total. The third kappa shape index (κ3) is 4.22. The molecule has 1 heterocycles. The highest BCUT2D eigenvalue weighted by Gasteiger charge is 2.28. The Morgan fingerprint density at radius 1 is 1.26 bits per heavy atom. The Morgan fingerprint density at radius 2 is 2.13 bits per heavy atom. The summed E-state index contributed by atoms with van der Waals surface area (Å²) >= 11 is 0. The Labute approximate surface area is 137 Å². The van der Waals surface area contributed by atoms with E-state index in [-0.39, 0.29) is 29.7 Å². The number of carbonyl (C=O) groups is 1. The van der Waals surface area contributed by atoms with Crippen LogP contribution in [0.1, 0.15) is 38.5 Å². The van der Waals surface area contributed by atoms with Crippen LogP contribution in [-0.4, -0.2) is 31.1 Å². The number of carbonyl (C=O) groups excluding carboxylic acids is 1. The van der Waals surface area contributed by atoms with E-state index in [0.29, 0.717) is 0 Å². The molecule has 1 amide bonds. The zero-order valence-corrected chi connectivity index (χ0v) is 13.5. The first-order valence-electron chi connectivity index (χ1n) is 8.68. The van der Waals surface area contributed by atoms with Gasteiger partial charge in [-0.15, -0.1) is 0 Å². The van der Waals surface area contributed by atoms with Gasteiger partial charge >= 0.3 is 0 Å². The van der Waals surface area contributed by atoms with Gasteiger partial charge in [-0.2, -0.15) is 0 Å². The lowest BCUT2D eigenvalue weighted by Gasteiger charge is -2.36. The summed E-state index contributed by atoms with van der Waals surface area (Å²) in [6.07, 6.45) is 5.80. The zero-order valence-electron chi connectivity index (χ0n) is 13.5. The predicted octanol–water partition coefficient (Wildman–Crippen LogP) is 2.43. The largest absolute Gasteiger partial charge is 0.369 e. The van der Waals surface area contributed by atoms with Gasteiger partial charge in [-0.05, 0) is 50.3 Å². The smallest absolute Gasteiger partial charge is 0.223 e. The van der Waals surface area contributed by atoms with Crippen molar-refractivity contribution in [2.45, 2.75) is 50.6 Å². The topological polar surface area (TPSA) is 58.4 Å². The normalized spacial score (nSPS) is 28.4. The van der Waals surface area contributed by atoms with Crippen molar-refractivity contribution in [3.8, 4) is 0 Å². The molecule has 3 atom stereocenters. The lowest BCUT2D eigenvalue weighted by Crippen LogP contribution is -2.50. The molecule has 1 saturated carbocycles. The van der Waals surface area contributed by atoms with Gasteiger partial charge in [0, 0.05) is 36.8 Å². The Bertz CT molecular complexity index is 551. The summed E-state index contributed by atoms with van der Waals surface area (Å²) < 4.78 is 13.4. The summed E-state index contributed by atoms with van der Waals surface area (Å²) in [4.78, 5) is 14.6. The number of nitrogens with zero attached hydrogens (tertiary/aromatic N) is 1. The predicted molar refractivity (Wildman–Crippen MR) is 89.7 cm³/mol. The zero-order chi connectivity index (χ0) is 16.2. The van der Waals surface area contributed by atoms with E-state index >= 15 is 0 Å². The SMILES string of the molecule is NC1CCCC(C(=O)NC2CCCN(c3cccc(F)c3)C2)C1. The van der Waals surface area contributed by atoms with Gasteiger partial charge < -0.3 is 16.0 Å². The highest BCUT2D eigenvalue weighted by Crippen LogP contribution is 2.25. The van der Waals surface area contributed by atoms with Gasteiger partial charge in [0.05, 0.1) is 0 Å². The third-order valence-corrected chi connectivity index (χ3v) is 5.03. The summed E-state index contributed by atoms with van der Waals surface area (Å²) in [5, 5.41) is 3.19. The minimum atomic E-state index is -0.218. The second-order valence-corrected chi connectivity index (χ2v) is 6.90. The number of piperidine rings is 1. The number of nitrogens with one attached hydrogen (secondary N) is 1. The molecule has 0 radical (unpaired) electrons. The van der Waals surface area contributed by atoms with Gasteiger partial charge in [-0.25, -0.2) is 4.39 Å². The summed E-state index contributed by atoms with van der Waals surface area (Å²) in [6, 6.07) is 6.97. The molecule has 5 heteroatoms. The molecule has 23 heavy (non-hydrogen) atoms. The van der Waals surface area contributed by atoms with Crippen LogP contribution >= 0.6 is 0 Å². The van der Waals surface area contributed by atoms with E-state index in [4.69, 9.17) is 5.73 Å². The number of anilines is 1. The van der Waals surface area contributed by atoms with E-state index in [2.05, 4.69) is 10.2 Å². The molecule has 1 aliphatic carbocycles. The van der Waals surface area contributed by atoms with Crippen LogP contribution in [0.4, 0.5) is 10.1 Å². The lowest BCUT2D eigenvalue weighted by molar-refractivity contribution is -0.126. The molecule has 2 fully saturated rings. The number of hydrogen-bond donors (Lipinski definition) is 2. The molecule has 126 valence electrons. The molecule has 3 rings (SSSR count). The maximum atomic E-state index is 13.4. The summed E-state index contributed by atoms with van der Waals surface area (Å²) in [7, 11) is 0. The average molecular weight is 319 g/mol. The van der Waals surface area contributed by atoms with Crippen LogP contribution in [0.15, 0.2) is 24.3 Å². The molecule has 0 aromatic heterocycles. The van der Waals surface area contributed by atoms with E-state index < -0.39 is 0 Å². The number of halogens is 1. The van der Waals surface area contributed by atoms with Crippen molar-refractivity contribution in [1.29, 1.82) is 0 Å². The van der Waals surface area contributed by atoms with Gasteiger partial charge in [0.2, 0.25) is 5.91 Å². The molecule has 3 unspecified atom stereocenters. The number of benzene rings is 1. The summed E-state index contributed by atoms with van der Waals surface area (Å²) in [5.74, 6) is -0.0145. The van der Waals surface area contributed by atoms with Gasteiger partial charge in [0.1, 0.15) is 5.82 Å². The summed E-state index contributed by atoms with van der Waals surface area (Å²) in [6.45, 7) is 1.65. The van der Waals surface area contributed by atoms with Gasteiger partial charge in [-0.1, -0.05) is 12.5 Å². The number of nitrogens with two attached hydrogens (primary N) is 1. The second kappa shape index (κ2) is 7.30. The van der Waals surface area contributed by atoms with E-state index in [1.165, 1.54) is 6.07 Å². The molecular formula is C18H26FN3O. The highest BCUT2D eigenvalue weighted by molar-refractivity contribution is 5.79. The minimum absolute atomic E-state index is 0.0586. The maximum Gasteiger partial charge on any atom is 0.223 e. The molecule has 0 bridgehead atoms. The van der Waals surface area contributed by atoms with E-state index in [1.54, 1.807) is 12.1 Å². The monoisotopic (exact) mass is 319 g/mol. The first-order chi connectivity index (χ1) is 11.1. The van der Waals surface area contributed by atoms with Gasteiger partial charge in [-0.3, -0.25) is 4.79 Å². The lowest BCUT2D eigenvalue weighted by atomic mass is 9.85. The van der Waals surface area contributed by atoms with Crippen LogP contribution < -0.4 is 16.0 Å². The number of hydrogen-bond acceptors (Lipinski definition) is 3. The minimum Gasteiger partial charge on any atom is -0.369 e. The highest BCUT2D eigenvalue weighted by atomic mass is 19.1. The fraction of sp³-hybridized carbons (Fsp3) is 0.611. The molecule has 1 aromatic rings. The van der Waals surface area contributed by atoms with Crippen molar-refractivity contribution in [2.24, 2.45) is 11.7 Å². The Balaban J connectivity index is 1.57. The van der Waals surface area contributed by atoms with Crippen molar-refractivity contribution in [3.63, 3.8) is 0 Å². The van der Waals surface area contributed by atoms with Crippen molar-refractivity contribution in [2.75, 3.05) is 18.0 Å². The Morgan fingerprint density at radius 3 is 2.91 bits per heavy atom. The van der Waals surface area contributed by atoms with Gasteiger partial charge in [0.25, 0.3) is 0 Å². The van der Waals surface area contributed by atoms with Crippen LogP contribution in [0.2, 0.25) is 0 Å². The second-order valence-electron chi connectivity index (χ2n) is 6.90. The average Bonchev–Trinajstić information content (AvgIpc) is 2.55. The fourth-order valence-electron chi connectivity index (χ4n) is 3.79. The molecular weight excluding hydrogens is 293 g/mol. The Kier molecular flexibility index (Phi) is 5.16. The van der Waals surface area contributed by atoms with Crippen LogP contribution in [0.3, 0.4) is 0 Å². The van der Waals surface area contributed by atoms with E-state index in [1.807, 2.05) is 6.07 Å². The van der Waals surface area contributed by atoms with Crippen LogP contribution in [0, 0.1) is 11.7 Å². The van der Waals surface area contributed by atoms with E-state index in [0.717, 1.165) is 57.3 Å². The van der Waals surface area contributed by atoms with Crippen molar-refractivity contribution in [3.05, 3.63) is 30.1 Å². The third-order valence-electron chi connectivity index (χ3n) is 5.03. The first-order valence-corrected chi connectivity index (χ1v) is 8.68. The van der Waals surface area contributed by atoms with Crippen molar-refractivity contribution < 1.29 is 9.18 Å². The van der Waals surface area contributed by atoms with Crippen LogP contribution in [0.5, 0.6) is 0 Å². The van der Waals surface area contributed by atoms with Crippen molar-refractivity contribution in [1.82, 2.24) is 5.32 Å². The fourth-order valence-corrected chi connectivity index (χ4v) is 3.79. The quantitative estimate of drug-likeness (QED) is 0.899. The molecule has 1 aliphatic heterocycles. The Hall–Kier alpha value is -1.62. The molecule has 2 aliphatic rings. The summed E-state index contributed by atoms with van der Waals surface area (Å²) in [5.41, 5.74) is 6.88.